The highest BCUT2D eigenvalue weighted by atomic mass is 16.2. The number of unbranched alkanes of at least 4 members (excludes halogenated alkanes) is 9. The minimum atomic E-state index is -0.549. The van der Waals surface area contributed by atoms with Crippen LogP contribution < -0.4 is 16.8 Å². The van der Waals surface area contributed by atoms with Crippen molar-refractivity contribution in [3.05, 3.63) is 0 Å². The fourth-order valence-corrected chi connectivity index (χ4v) is 2.64. The average Bonchev–Trinajstić information content (AvgIpc) is 2.52. The quantitative estimate of drug-likeness (QED) is 0.380. The topological polar surface area (TPSA) is 98.2 Å². The Kier molecular flexibility index (Phi) is 15.0. The van der Waals surface area contributed by atoms with Crippen LogP contribution in [0.2, 0.25) is 0 Å². The number of primary amides is 1. The Balaban J connectivity index is 3.61. The standard InChI is InChI=1S/C18H37N3O2/c1-2-3-4-5-6-7-8-9-10-14-17(22)21-16(18(20)23)13-11-12-15-19/h16H,2-15,19H2,1H3,(H2,20,23)(H,21,22). The van der Waals surface area contributed by atoms with Gasteiger partial charge < -0.3 is 16.8 Å². The molecule has 23 heavy (non-hydrogen) atoms. The van der Waals surface area contributed by atoms with Crippen molar-refractivity contribution in [2.24, 2.45) is 11.5 Å². The van der Waals surface area contributed by atoms with E-state index in [0.29, 0.717) is 19.4 Å². The second-order valence-corrected chi connectivity index (χ2v) is 6.39. The van der Waals surface area contributed by atoms with Gasteiger partial charge in [0.2, 0.25) is 11.8 Å². The molecule has 0 saturated heterocycles. The number of hydrogen-bond donors (Lipinski definition) is 3. The minimum absolute atomic E-state index is 0.0653. The van der Waals surface area contributed by atoms with E-state index >= 15 is 0 Å². The molecule has 0 aromatic rings. The molecule has 0 aliphatic carbocycles. The number of nitrogens with two attached hydrogens (primary N) is 2. The lowest BCUT2D eigenvalue weighted by Gasteiger charge is -2.15. The van der Waals surface area contributed by atoms with Gasteiger partial charge in [0.05, 0.1) is 0 Å². The van der Waals surface area contributed by atoms with E-state index in [-0.39, 0.29) is 5.91 Å². The molecule has 0 aliphatic heterocycles. The van der Waals surface area contributed by atoms with Crippen molar-refractivity contribution in [2.45, 2.75) is 96.4 Å². The first-order chi connectivity index (χ1) is 11.1. The summed E-state index contributed by atoms with van der Waals surface area (Å²) in [4.78, 5) is 23.2. The molecule has 136 valence electrons. The zero-order valence-corrected chi connectivity index (χ0v) is 14.9. The average molecular weight is 328 g/mol. The molecule has 1 unspecified atom stereocenters. The van der Waals surface area contributed by atoms with Gasteiger partial charge in [-0.25, -0.2) is 0 Å². The first-order valence-corrected chi connectivity index (χ1v) is 9.40. The Hall–Kier alpha value is -1.10. The fraction of sp³-hybridized carbons (Fsp3) is 0.889. The Labute approximate surface area is 141 Å². The lowest BCUT2D eigenvalue weighted by Crippen LogP contribution is -2.44. The second kappa shape index (κ2) is 15.8. The van der Waals surface area contributed by atoms with E-state index in [1.807, 2.05) is 0 Å². The molecule has 0 saturated carbocycles. The van der Waals surface area contributed by atoms with Gasteiger partial charge in [0, 0.05) is 6.42 Å². The van der Waals surface area contributed by atoms with E-state index in [9.17, 15) is 9.59 Å². The number of hydrogen-bond acceptors (Lipinski definition) is 3. The summed E-state index contributed by atoms with van der Waals surface area (Å²) in [6.45, 7) is 2.82. The summed E-state index contributed by atoms with van der Waals surface area (Å²) in [6, 6.07) is -0.549. The molecule has 0 bridgehead atoms. The van der Waals surface area contributed by atoms with Crippen LogP contribution in [-0.2, 0) is 9.59 Å². The van der Waals surface area contributed by atoms with Crippen LogP contribution >= 0.6 is 0 Å². The van der Waals surface area contributed by atoms with Crippen molar-refractivity contribution in [3.63, 3.8) is 0 Å². The van der Waals surface area contributed by atoms with E-state index in [1.165, 1.54) is 44.9 Å². The Morgan fingerprint density at radius 2 is 1.43 bits per heavy atom. The maximum Gasteiger partial charge on any atom is 0.239 e. The molecule has 0 heterocycles. The molecule has 0 aromatic carbocycles. The van der Waals surface area contributed by atoms with Gasteiger partial charge in [-0.3, -0.25) is 9.59 Å². The number of carbonyl (C=O) groups is 2. The zero-order chi connectivity index (χ0) is 17.3. The van der Waals surface area contributed by atoms with Crippen LogP contribution in [0.1, 0.15) is 90.4 Å². The van der Waals surface area contributed by atoms with Crippen LogP contribution in [0.5, 0.6) is 0 Å². The zero-order valence-electron chi connectivity index (χ0n) is 14.9. The highest BCUT2D eigenvalue weighted by molar-refractivity contribution is 5.86. The van der Waals surface area contributed by atoms with Crippen LogP contribution in [0.15, 0.2) is 0 Å². The van der Waals surface area contributed by atoms with Crippen molar-refractivity contribution in [2.75, 3.05) is 6.54 Å². The molecule has 0 aromatic heterocycles. The fourth-order valence-electron chi connectivity index (χ4n) is 2.64. The Morgan fingerprint density at radius 3 is 1.96 bits per heavy atom. The molecule has 1 atom stereocenters. The molecule has 2 amide bonds. The first-order valence-electron chi connectivity index (χ1n) is 9.40. The number of amides is 2. The van der Waals surface area contributed by atoms with Crippen molar-refractivity contribution in [3.8, 4) is 0 Å². The molecule has 5 heteroatoms. The number of nitrogens with one attached hydrogen (secondary N) is 1. The summed E-state index contributed by atoms with van der Waals surface area (Å²) in [5.41, 5.74) is 10.8. The Morgan fingerprint density at radius 1 is 0.870 bits per heavy atom. The largest absolute Gasteiger partial charge is 0.368 e. The van der Waals surface area contributed by atoms with E-state index in [1.54, 1.807) is 0 Å². The molecule has 0 fully saturated rings. The van der Waals surface area contributed by atoms with Gasteiger partial charge in [-0.2, -0.15) is 0 Å². The number of rotatable bonds is 16. The number of carbonyl (C=O) groups excluding carboxylic acids is 2. The summed E-state index contributed by atoms with van der Waals surface area (Å²) in [7, 11) is 0. The minimum Gasteiger partial charge on any atom is -0.368 e. The third-order valence-corrected chi connectivity index (χ3v) is 4.13. The van der Waals surface area contributed by atoms with E-state index in [4.69, 9.17) is 11.5 Å². The molecule has 5 N–H and O–H groups in total. The summed E-state index contributed by atoms with van der Waals surface area (Å²) < 4.78 is 0. The van der Waals surface area contributed by atoms with E-state index in [2.05, 4.69) is 12.2 Å². The molecule has 0 aliphatic rings. The van der Waals surface area contributed by atoms with Gasteiger partial charge in [-0.05, 0) is 32.2 Å². The summed E-state index contributed by atoms with van der Waals surface area (Å²) in [5.74, 6) is -0.521. The summed E-state index contributed by atoms with van der Waals surface area (Å²) in [6.07, 6.45) is 13.7. The van der Waals surface area contributed by atoms with Crippen LogP contribution in [0.3, 0.4) is 0 Å². The summed E-state index contributed by atoms with van der Waals surface area (Å²) >= 11 is 0. The SMILES string of the molecule is CCCCCCCCCCCC(=O)NC(CCCCN)C(N)=O. The molecule has 0 radical (unpaired) electrons. The van der Waals surface area contributed by atoms with Gasteiger partial charge in [0.25, 0.3) is 0 Å². The normalized spacial score (nSPS) is 12.1. The predicted molar refractivity (Wildman–Crippen MR) is 95.9 cm³/mol. The van der Waals surface area contributed by atoms with Gasteiger partial charge in [-0.15, -0.1) is 0 Å². The third-order valence-electron chi connectivity index (χ3n) is 4.13. The van der Waals surface area contributed by atoms with Crippen LogP contribution in [0.4, 0.5) is 0 Å². The smallest absolute Gasteiger partial charge is 0.239 e. The van der Waals surface area contributed by atoms with Gasteiger partial charge >= 0.3 is 0 Å². The van der Waals surface area contributed by atoms with Crippen molar-refractivity contribution in [1.29, 1.82) is 0 Å². The maximum atomic E-state index is 11.9. The highest BCUT2D eigenvalue weighted by Gasteiger charge is 2.16. The predicted octanol–water partition coefficient (Wildman–Crippen LogP) is 3.01. The Bertz CT molecular complexity index is 309. The van der Waals surface area contributed by atoms with Crippen LogP contribution in [0.25, 0.3) is 0 Å². The van der Waals surface area contributed by atoms with Gasteiger partial charge in [0.1, 0.15) is 6.04 Å². The van der Waals surface area contributed by atoms with E-state index in [0.717, 1.165) is 25.7 Å². The van der Waals surface area contributed by atoms with Crippen molar-refractivity contribution >= 4 is 11.8 Å². The molecular weight excluding hydrogens is 290 g/mol. The summed E-state index contributed by atoms with van der Waals surface area (Å²) in [5, 5.41) is 2.75. The first kappa shape index (κ1) is 21.9. The van der Waals surface area contributed by atoms with E-state index < -0.39 is 11.9 Å². The van der Waals surface area contributed by atoms with Crippen LogP contribution in [0, 0.1) is 0 Å². The monoisotopic (exact) mass is 327 g/mol. The second-order valence-electron chi connectivity index (χ2n) is 6.39. The molecule has 0 spiro atoms. The molecule has 0 rings (SSSR count). The van der Waals surface area contributed by atoms with Gasteiger partial charge in [0.15, 0.2) is 0 Å². The maximum absolute atomic E-state index is 11.9. The molecular formula is C18H37N3O2. The van der Waals surface area contributed by atoms with Crippen molar-refractivity contribution in [1.82, 2.24) is 5.32 Å². The van der Waals surface area contributed by atoms with Crippen LogP contribution in [-0.4, -0.2) is 24.4 Å². The lowest BCUT2D eigenvalue weighted by molar-refractivity contribution is -0.127. The third kappa shape index (κ3) is 14.2. The highest BCUT2D eigenvalue weighted by Crippen LogP contribution is 2.10. The van der Waals surface area contributed by atoms with Crippen molar-refractivity contribution < 1.29 is 9.59 Å². The molecule has 5 nitrogen and oxygen atoms in total. The lowest BCUT2D eigenvalue weighted by atomic mass is 10.1. The van der Waals surface area contributed by atoms with Gasteiger partial charge in [-0.1, -0.05) is 58.3 Å².